The summed E-state index contributed by atoms with van der Waals surface area (Å²) in [6.07, 6.45) is 5.93. The van der Waals surface area contributed by atoms with Gasteiger partial charge >= 0.3 is 0 Å². The zero-order valence-electron chi connectivity index (χ0n) is 16.3. The zero-order chi connectivity index (χ0) is 18.2. The molecule has 2 aromatic rings. The van der Waals surface area contributed by atoms with Crippen LogP contribution >= 0.6 is 0 Å². The monoisotopic (exact) mass is 366 g/mol. The predicted octanol–water partition coefficient (Wildman–Crippen LogP) is 3.96. The first-order chi connectivity index (χ1) is 13.3. The van der Waals surface area contributed by atoms with Crippen LogP contribution in [0.4, 0.5) is 0 Å². The third-order valence-corrected chi connectivity index (χ3v) is 7.04. The molecule has 0 spiro atoms. The van der Waals surface area contributed by atoms with E-state index in [2.05, 4.69) is 52.2 Å². The first-order valence-electron chi connectivity index (χ1n) is 10.7. The summed E-state index contributed by atoms with van der Waals surface area (Å²) in [4.78, 5) is 10.1. The van der Waals surface area contributed by atoms with Gasteiger partial charge in [0.1, 0.15) is 0 Å². The molecule has 0 bridgehead atoms. The quantitative estimate of drug-likeness (QED) is 0.819. The maximum Gasteiger partial charge on any atom is 0.229 e. The maximum atomic E-state index is 5.78. The third kappa shape index (κ3) is 3.21. The molecule has 4 heterocycles. The summed E-state index contributed by atoms with van der Waals surface area (Å²) < 4.78 is 5.78. The number of aromatic nitrogens is 2. The Morgan fingerprint density at radius 3 is 2.67 bits per heavy atom. The lowest BCUT2D eigenvalue weighted by atomic mass is 9.93. The van der Waals surface area contributed by atoms with Crippen molar-refractivity contribution in [2.75, 3.05) is 26.2 Å². The summed E-state index contributed by atoms with van der Waals surface area (Å²) in [6, 6.07) is 12.0. The van der Waals surface area contributed by atoms with E-state index in [0.29, 0.717) is 23.9 Å². The predicted molar refractivity (Wildman–Crippen MR) is 105 cm³/mol. The van der Waals surface area contributed by atoms with Crippen LogP contribution in [-0.4, -0.2) is 52.2 Å². The fourth-order valence-electron chi connectivity index (χ4n) is 5.51. The van der Waals surface area contributed by atoms with E-state index in [9.17, 15) is 0 Å². The largest absolute Gasteiger partial charge is 0.339 e. The van der Waals surface area contributed by atoms with Crippen molar-refractivity contribution in [3.05, 3.63) is 47.6 Å². The van der Waals surface area contributed by atoms with E-state index in [4.69, 9.17) is 9.51 Å². The van der Waals surface area contributed by atoms with E-state index < -0.39 is 0 Å². The Hall–Kier alpha value is -1.72. The molecule has 3 atom stereocenters. The zero-order valence-corrected chi connectivity index (χ0v) is 16.3. The fraction of sp³-hybridized carbons (Fsp3) is 0.636. The number of piperidine rings is 1. The smallest absolute Gasteiger partial charge is 0.229 e. The number of hydrogen-bond donors (Lipinski definition) is 0. The second-order valence-electron chi connectivity index (χ2n) is 8.42. The Balaban J connectivity index is 1.34. The van der Waals surface area contributed by atoms with Crippen LogP contribution in [-0.2, 0) is 0 Å². The van der Waals surface area contributed by atoms with Gasteiger partial charge in [0.15, 0.2) is 5.82 Å². The summed E-state index contributed by atoms with van der Waals surface area (Å²) in [7, 11) is 0. The lowest BCUT2D eigenvalue weighted by molar-refractivity contribution is 0.202. The van der Waals surface area contributed by atoms with Gasteiger partial charge in [0.05, 0.1) is 0 Å². The molecule has 0 radical (unpaired) electrons. The minimum absolute atomic E-state index is 0.408. The van der Waals surface area contributed by atoms with Crippen molar-refractivity contribution >= 4 is 0 Å². The van der Waals surface area contributed by atoms with Crippen LogP contribution < -0.4 is 0 Å². The highest BCUT2D eigenvalue weighted by atomic mass is 16.5. The molecule has 144 valence electrons. The molecule has 0 aliphatic carbocycles. The molecule has 27 heavy (non-hydrogen) atoms. The molecule has 5 rings (SSSR count). The van der Waals surface area contributed by atoms with Crippen LogP contribution in [0.5, 0.6) is 0 Å². The van der Waals surface area contributed by atoms with Gasteiger partial charge in [0.2, 0.25) is 5.89 Å². The van der Waals surface area contributed by atoms with E-state index in [0.717, 1.165) is 50.6 Å². The molecule has 5 heteroatoms. The van der Waals surface area contributed by atoms with Gasteiger partial charge in [-0.2, -0.15) is 4.98 Å². The number of hydrogen-bond acceptors (Lipinski definition) is 5. The average molecular weight is 367 g/mol. The molecule has 3 aliphatic heterocycles. The second-order valence-corrected chi connectivity index (χ2v) is 8.42. The van der Waals surface area contributed by atoms with Gasteiger partial charge in [0, 0.05) is 23.9 Å². The highest BCUT2D eigenvalue weighted by molar-refractivity contribution is 5.24. The van der Waals surface area contributed by atoms with Gasteiger partial charge in [0.25, 0.3) is 0 Å². The Kier molecular flexibility index (Phi) is 4.74. The average Bonchev–Trinajstić information content (AvgIpc) is 3.45. The van der Waals surface area contributed by atoms with Crippen LogP contribution in [0.2, 0.25) is 0 Å². The third-order valence-electron chi connectivity index (χ3n) is 7.04. The van der Waals surface area contributed by atoms with Crippen molar-refractivity contribution in [2.45, 2.75) is 62.9 Å². The van der Waals surface area contributed by atoms with E-state index in [1.165, 1.54) is 24.9 Å². The fourth-order valence-corrected chi connectivity index (χ4v) is 5.51. The Morgan fingerprint density at radius 2 is 1.89 bits per heavy atom. The summed E-state index contributed by atoms with van der Waals surface area (Å²) >= 11 is 0. The minimum Gasteiger partial charge on any atom is -0.339 e. The van der Waals surface area contributed by atoms with Crippen molar-refractivity contribution in [2.24, 2.45) is 0 Å². The number of fused-ring (bicyclic) bond motifs is 1. The molecule has 0 amide bonds. The summed E-state index contributed by atoms with van der Waals surface area (Å²) in [5.74, 6) is 2.69. The Morgan fingerprint density at radius 1 is 1.07 bits per heavy atom. The highest BCUT2D eigenvalue weighted by Crippen LogP contribution is 2.48. The number of benzene rings is 1. The number of likely N-dealkylation sites (tertiary alicyclic amines) is 1. The molecule has 3 aliphatic rings. The van der Waals surface area contributed by atoms with Crippen molar-refractivity contribution in [1.29, 1.82) is 0 Å². The molecule has 3 fully saturated rings. The lowest BCUT2D eigenvalue weighted by Crippen LogP contribution is -2.32. The molecule has 0 N–H and O–H groups in total. The molecular formula is C22H30N4O. The molecule has 1 aromatic heterocycles. The Labute approximate surface area is 161 Å². The van der Waals surface area contributed by atoms with E-state index in [-0.39, 0.29) is 0 Å². The van der Waals surface area contributed by atoms with Crippen LogP contribution in [0, 0.1) is 0 Å². The van der Waals surface area contributed by atoms with Crippen molar-refractivity contribution in [1.82, 2.24) is 19.9 Å². The van der Waals surface area contributed by atoms with Gasteiger partial charge in [-0.15, -0.1) is 0 Å². The van der Waals surface area contributed by atoms with Gasteiger partial charge in [-0.05, 0) is 63.8 Å². The summed E-state index contributed by atoms with van der Waals surface area (Å²) in [5, 5.41) is 4.47. The van der Waals surface area contributed by atoms with Crippen LogP contribution in [0.3, 0.4) is 0 Å². The molecule has 1 aromatic carbocycles. The second kappa shape index (κ2) is 7.36. The van der Waals surface area contributed by atoms with E-state index >= 15 is 0 Å². The highest BCUT2D eigenvalue weighted by Gasteiger charge is 2.46. The molecule has 5 nitrogen and oxygen atoms in total. The number of rotatable bonds is 4. The van der Waals surface area contributed by atoms with Crippen LogP contribution in [0.15, 0.2) is 34.9 Å². The van der Waals surface area contributed by atoms with Crippen LogP contribution in [0.1, 0.15) is 74.2 Å². The standard InChI is InChI=1S/C22H30N4O/c1-2-25-13-10-17(11-14-25)22-23-21(24-27-22)18-15-20(16-7-4-3-5-8-16)26-12-6-9-19(18)26/h3-5,7-8,17-20H,2,6,9-15H2,1H3/t18-,19+,20-/m1/s1. The SMILES string of the molecule is CCN1CCC(c2nc([C@@H]3C[C@H](c4ccccc4)N4CCC[C@@H]34)no2)CC1. The van der Waals surface area contributed by atoms with Gasteiger partial charge in [-0.1, -0.05) is 42.4 Å². The van der Waals surface area contributed by atoms with Crippen molar-refractivity contribution in [3.63, 3.8) is 0 Å². The first kappa shape index (κ1) is 17.4. The summed E-state index contributed by atoms with van der Waals surface area (Å²) in [5.41, 5.74) is 1.43. The Bertz CT molecular complexity index is 753. The van der Waals surface area contributed by atoms with E-state index in [1.54, 1.807) is 0 Å². The molecular weight excluding hydrogens is 336 g/mol. The van der Waals surface area contributed by atoms with Gasteiger partial charge in [-0.25, -0.2) is 0 Å². The van der Waals surface area contributed by atoms with Gasteiger partial charge in [-0.3, -0.25) is 4.90 Å². The minimum atomic E-state index is 0.408. The van der Waals surface area contributed by atoms with E-state index in [1.807, 2.05) is 0 Å². The van der Waals surface area contributed by atoms with Crippen molar-refractivity contribution < 1.29 is 4.52 Å². The first-order valence-corrected chi connectivity index (χ1v) is 10.7. The van der Waals surface area contributed by atoms with Crippen molar-refractivity contribution in [3.8, 4) is 0 Å². The molecule has 0 unspecified atom stereocenters. The molecule has 0 saturated carbocycles. The molecule has 3 saturated heterocycles. The van der Waals surface area contributed by atoms with Gasteiger partial charge < -0.3 is 9.42 Å². The normalized spacial score (nSPS) is 30.0. The number of nitrogens with zero attached hydrogens (tertiary/aromatic N) is 4. The topological polar surface area (TPSA) is 45.4 Å². The maximum absolute atomic E-state index is 5.78. The lowest BCUT2D eigenvalue weighted by Gasteiger charge is -2.28. The van der Waals surface area contributed by atoms with Crippen LogP contribution in [0.25, 0.3) is 0 Å². The summed E-state index contributed by atoms with van der Waals surface area (Å²) in [6.45, 7) is 6.87.